The van der Waals surface area contributed by atoms with Gasteiger partial charge in [0.2, 0.25) is 0 Å². The fraction of sp³-hybridized carbons (Fsp3) is 0.647. The van der Waals surface area contributed by atoms with Gasteiger partial charge < -0.3 is 10.1 Å². The van der Waals surface area contributed by atoms with Crippen molar-refractivity contribution in [2.75, 3.05) is 18.5 Å². The summed E-state index contributed by atoms with van der Waals surface area (Å²) in [6.07, 6.45) is 10.9. The molecule has 2 aromatic heterocycles. The zero-order valence-corrected chi connectivity index (χ0v) is 14.9. The van der Waals surface area contributed by atoms with Crippen LogP contribution in [0.25, 0.3) is 5.65 Å². The van der Waals surface area contributed by atoms with Gasteiger partial charge in [-0.25, -0.2) is 4.98 Å². The second kappa shape index (κ2) is 6.77. The molecule has 23 heavy (non-hydrogen) atoms. The lowest BCUT2D eigenvalue weighted by molar-refractivity contribution is 0.120. The van der Waals surface area contributed by atoms with Crippen LogP contribution in [0.5, 0.6) is 0 Å². The summed E-state index contributed by atoms with van der Waals surface area (Å²) >= 11 is 3.58. The van der Waals surface area contributed by atoms with E-state index in [2.05, 4.69) is 32.4 Å². The molecule has 2 aromatic rings. The summed E-state index contributed by atoms with van der Waals surface area (Å²) < 4.78 is 8.57. The van der Waals surface area contributed by atoms with E-state index >= 15 is 0 Å². The first kappa shape index (κ1) is 15.4. The molecule has 3 heterocycles. The van der Waals surface area contributed by atoms with Gasteiger partial charge in [0.05, 0.1) is 16.8 Å². The van der Waals surface area contributed by atoms with Crippen LogP contribution in [0.15, 0.2) is 16.7 Å². The zero-order chi connectivity index (χ0) is 15.6. The Balaban J connectivity index is 1.63. The molecule has 0 spiro atoms. The summed E-state index contributed by atoms with van der Waals surface area (Å²) in [5, 5.41) is 7.99. The highest BCUT2D eigenvalue weighted by molar-refractivity contribution is 9.10. The summed E-state index contributed by atoms with van der Waals surface area (Å²) in [5.41, 5.74) is 2.11. The minimum absolute atomic E-state index is 0.315. The smallest absolute Gasteiger partial charge is 0.171 e. The van der Waals surface area contributed by atoms with Crippen LogP contribution in [0.3, 0.4) is 0 Å². The van der Waals surface area contributed by atoms with Gasteiger partial charge in [0.15, 0.2) is 5.65 Å². The van der Waals surface area contributed by atoms with Crippen molar-refractivity contribution in [2.45, 2.75) is 57.0 Å². The Morgan fingerprint density at radius 3 is 2.87 bits per heavy atom. The lowest BCUT2D eigenvalue weighted by Gasteiger charge is -2.22. The molecule has 1 N–H and O–H groups in total. The van der Waals surface area contributed by atoms with E-state index in [1.807, 2.05) is 10.7 Å². The van der Waals surface area contributed by atoms with E-state index in [0.29, 0.717) is 12.0 Å². The number of anilines is 1. The maximum absolute atomic E-state index is 5.72. The van der Waals surface area contributed by atoms with E-state index in [1.165, 1.54) is 44.2 Å². The number of hydrogen-bond donors (Lipinski definition) is 1. The number of nitrogens with one attached hydrogen (secondary N) is 1. The molecule has 6 heteroatoms. The van der Waals surface area contributed by atoms with Crippen LogP contribution in [-0.4, -0.2) is 33.9 Å². The standard InChI is InChI=1S/C17H23BrN4O/c18-14-11-20-22-16(19-10-13-7-4-8-23-13)9-15(21-17(14)22)12-5-2-1-3-6-12/h9,11-13,19H,1-8,10H2. The summed E-state index contributed by atoms with van der Waals surface area (Å²) in [5.74, 6) is 1.61. The average molecular weight is 379 g/mol. The third-order valence-corrected chi connectivity index (χ3v) is 5.57. The number of rotatable bonds is 4. The third-order valence-electron chi connectivity index (χ3n) is 5.01. The highest BCUT2D eigenvalue weighted by Gasteiger charge is 2.21. The van der Waals surface area contributed by atoms with Crippen LogP contribution >= 0.6 is 15.9 Å². The van der Waals surface area contributed by atoms with E-state index in [0.717, 1.165) is 35.5 Å². The Hall–Kier alpha value is -1.14. The molecule has 1 aliphatic carbocycles. The van der Waals surface area contributed by atoms with Crippen LogP contribution in [0.4, 0.5) is 5.82 Å². The normalized spacial score (nSPS) is 22.7. The number of ether oxygens (including phenoxy) is 1. The Kier molecular flexibility index (Phi) is 4.53. The van der Waals surface area contributed by atoms with Gasteiger partial charge in [-0.2, -0.15) is 9.61 Å². The van der Waals surface area contributed by atoms with Crippen molar-refractivity contribution in [3.05, 3.63) is 22.4 Å². The Bertz CT molecular complexity index is 675. The zero-order valence-electron chi connectivity index (χ0n) is 13.3. The number of aromatic nitrogens is 3. The maximum atomic E-state index is 5.72. The third kappa shape index (κ3) is 3.24. The monoisotopic (exact) mass is 378 g/mol. The van der Waals surface area contributed by atoms with Gasteiger partial charge in [-0.1, -0.05) is 19.3 Å². The van der Waals surface area contributed by atoms with Crippen LogP contribution in [0, 0.1) is 0 Å². The first-order valence-electron chi connectivity index (χ1n) is 8.71. The minimum atomic E-state index is 0.315. The Labute approximate surface area is 144 Å². The van der Waals surface area contributed by atoms with Crippen molar-refractivity contribution in [2.24, 2.45) is 0 Å². The van der Waals surface area contributed by atoms with Crippen molar-refractivity contribution in [3.63, 3.8) is 0 Å². The second-order valence-electron chi connectivity index (χ2n) is 6.65. The van der Waals surface area contributed by atoms with Crippen molar-refractivity contribution < 1.29 is 4.74 Å². The SMILES string of the molecule is Brc1cnn2c(NCC3CCCO3)cc(C3CCCCC3)nc12. The van der Waals surface area contributed by atoms with Crippen LogP contribution in [-0.2, 0) is 4.74 Å². The first-order valence-corrected chi connectivity index (χ1v) is 9.50. The Morgan fingerprint density at radius 2 is 2.09 bits per heavy atom. The predicted molar refractivity (Wildman–Crippen MR) is 94.0 cm³/mol. The average Bonchev–Trinajstić information content (AvgIpc) is 3.24. The molecule has 2 fully saturated rings. The molecule has 0 amide bonds. The largest absolute Gasteiger partial charge is 0.376 e. The molecule has 5 nitrogen and oxygen atoms in total. The van der Waals surface area contributed by atoms with Crippen molar-refractivity contribution in [1.29, 1.82) is 0 Å². The summed E-state index contributed by atoms with van der Waals surface area (Å²) in [4.78, 5) is 4.88. The molecule has 1 atom stereocenters. The van der Waals surface area contributed by atoms with Gasteiger partial charge in [-0.05, 0) is 41.6 Å². The van der Waals surface area contributed by atoms with Gasteiger partial charge in [0, 0.05) is 30.8 Å². The highest BCUT2D eigenvalue weighted by Crippen LogP contribution is 2.33. The highest BCUT2D eigenvalue weighted by atomic mass is 79.9. The van der Waals surface area contributed by atoms with Crippen molar-refractivity contribution >= 4 is 27.4 Å². The fourth-order valence-corrected chi connectivity index (χ4v) is 4.06. The molecule has 1 unspecified atom stereocenters. The quantitative estimate of drug-likeness (QED) is 0.868. The van der Waals surface area contributed by atoms with Gasteiger partial charge in [0.1, 0.15) is 5.82 Å². The lowest BCUT2D eigenvalue weighted by atomic mass is 9.87. The molecule has 0 bridgehead atoms. The fourth-order valence-electron chi connectivity index (χ4n) is 3.71. The van der Waals surface area contributed by atoms with Crippen molar-refractivity contribution in [1.82, 2.24) is 14.6 Å². The molecule has 124 valence electrons. The van der Waals surface area contributed by atoms with Crippen LogP contribution < -0.4 is 5.32 Å². The van der Waals surface area contributed by atoms with E-state index < -0.39 is 0 Å². The van der Waals surface area contributed by atoms with E-state index in [9.17, 15) is 0 Å². The number of fused-ring (bicyclic) bond motifs is 1. The van der Waals surface area contributed by atoms with E-state index in [-0.39, 0.29) is 0 Å². The van der Waals surface area contributed by atoms with Gasteiger partial charge in [0.25, 0.3) is 0 Å². The molecule has 1 aliphatic heterocycles. The van der Waals surface area contributed by atoms with E-state index in [4.69, 9.17) is 9.72 Å². The second-order valence-corrected chi connectivity index (χ2v) is 7.50. The predicted octanol–water partition coefficient (Wildman–Crippen LogP) is 4.13. The summed E-state index contributed by atoms with van der Waals surface area (Å²) in [6, 6.07) is 2.19. The molecular weight excluding hydrogens is 356 g/mol. The summed E-state index contributed by atoms with van der Waals surface area (Å²) in [6.45, 7) is 1.72. The molecular formula is C17H23BrN4O. The van der Waals surface area contributed by atoms with Gasteiger partial charge in [-0.3, -0.25) is 0 Å². The van der Waals surface area contributed by atoms with Crippen LogP contribution in [0.2, 0.25) is 0 Å². The molecule has 1 saturated heterocycles. The molecule has 1 saturated carbocycles. The first-order chi connectivity index (χ1) is 11.3. The number of hydrogen-bond acceptors (Lipinski definition) is 4. The number of halogens is 1. The van der Waals surface area contributed by atoms with Crippen molar-refractivity contribution in [3.8, 4) is 0 Å². The molecule has 0 aromatic carbocycles. The molecule has 4 rings (SSSR count). The summed E-state index contributed by atoms with van der Waals surface area (Å²) in [7, 11) is 0. The molecule has 2 aliphatic rings. The lowest BCUT2D eigenvalue weighted by Crippen LogP contribution is -2.20. The minimum Gasteiger partial charge on any atom is -0.376 e. The topological polar surface area (TPSA) is 51.5 Å². The Morgan fingerprint density at radius 1 is 1.22 bits per heavy atom. The maximum Gasteiger partial charge on any atom is 0.171 e. The van der Waals surface area contributed by atoms with Gasteiger partial charge >= 0.3 is 0 Å². The number of nitrogens with zero attached hydrogens (tertiary/aromatic N) is 3. The van der Waals surface area contributed by atoms with E-state index in [1.54, 1.807) is 0 Å². The molecule has 0 radical (unpaired) electrons. The van der Waals surface area contributed by atoms with Gasteiger partial charge in [-0.15, -0.1) is 0 Å². The van der Waals surface area contributed by atoms with Crippen LogP contribution in [0.1, 0.15) is 56.6 Å².